The number of nitrogens with two attached hydrogens (primary N) is 1. The zero-order chi connectivity index (χ0) is 11.6. The summed E-state index contributed by atoms with van der Waals surface area (Å²) in [6.07, 6.45) is 11.5. The van der Waals surface area contributed by atoms with E-state index in [4.69, 9.17) is 5.73 Å². The van der Waals surface area contributed by atoms with Gasteiger partial charge in [-0.25, -0.2) is 0 Å². The first-order chi connectivity index (χ1) is 7.64. The third-order valence-corrected chi connectivity index (χ3v) is 5.01. The average molecular weight is 224 g/mol. The molecule has 3 unspecified atom stereocenters. The van der Waals surface area contributed by atoms with E-state index in [9.17, 15) is 0 Å². The maximum absolute atomic E-state index is 5.98. The molecule has 3 N–H and O–H groups in total. The van der Waals surface area contributed by atoms with Crippen LogP contribution in [-0.4, -0.2) is 18.1 Å². The minimum absolute atomic E-state index is 0.264. The molecule has 0 aromatic heterocycles. The molecule has 0 saturated heterocycles. The van der Waals surface area contributed by atoms with Crippen LogP contribution in [0.1, 0.15) is 65.2 Å². The summed E-state index contributed by atoms with van der Waals surface area (Å²) in [6, 6.07) is 1.46. The molecule has 2 aliphatic rings. The highest BCUT2D eigenvalue weighted by Crippen LogP contribution is 2.49. The molecule has 2 nitrogen and oxygen atoms in total. The number of nitrogens with one attached hydrogen (secondary N) is 1. The van der Waals surface area contributed by atoms with Gasteiger partial charge in [0.15, 0.2) is 0 Å². The van der Waals surface area contributed by atoms with Gasteiger partial charge in [-0.3, -0.25) is 0 Å². The van der Waals surface area contributed by atoms with Crippen LogP contribution >= 0.6 is 0 Å². The summed E-state index contributed by atoms with van der Waals surface area (Å²) < 4.78 is 0. The number of hydrogen-bond acceptors (Lipinski definition) is 2. The van der Waals surface area contributed by atoms with Gasteiger partial charge >= 0.3 is 0 Å². The van der Waals surface area contributed by atoms with Gasteiger partial charge in [0, 0.05) is 18.1 Å². The first kappa shape index (κ1) is 12.4. The summed E-state index contributed by atoms with van der Waals surface area (Å²) in [5.41, 5.74) is 6.62. The molecular formula is C14H28N2. The Morgan fingerprint density at radius 2 is 1.62 bits per heavy atom. The summed E-state index contributed by atoms with van der Waals surface area (Å²) in [6.45, 7) is 4.35. The predicted molar refractivity (Wildman–Crippen MR) is 69.4 cm³/mol. The molecule has 2 saturated carbocycles. The van der Waals surface area contributed by atoms with Crippen molar-refractivity contribution in [2.24, 2.45) is 11.1 Å². The lowest BCUT2D eigenvalue weighted by Crippen LogP contribution is -2.53. The summed E-state index contributed by atoms with van der Waals surface area (Å²) in [7, 11) is 0. The molecule has 1 spiro atoms. The molecule has 2 heteroatoms. The van der Waals surface area contributed by atoms with Crippen molar-refractivity contribution in [1.82, 2.24) is 5.32 Å². The minimum Gasteiger partial charge on any atom is -0.327 e. The summed E-state index contributed by atoms with van der Waals surface area (Å²) in [5.74, 6) is 0. The van der Waals surface area contributed by atoms with E-state index in [0.29, 0.717) is 11.5 Å². The molecule has 0 aliphatic heterocycles. The van der Waals surface area contributed by atoms with E-state index in [1.54, 1.807) is 0 Å². The SMILES string of the molecule is CC(N)C(C)NC1CCCCC12CCCC2. The highest BCUT2D eigenvalue weighted by atomic mass is 15.0. The average Bonchev–Trinajstić information content (AvgIpc) is 2.71. The van der Waals surface area contributed by atoms with Gasteiger partial charge in [0.1, 0.15) is 0 Å². The lowest BCUT2D eigenvalue weighted by molar-refractivity contribution is 0.119. The molecule has 2 aliphatic carbocycles. The maximum atomic E-state index is 5.98. The van der Waals surface area contributed by atoms with Gasteiger partial charge in [-0.2, -0.15) is 0 Å². The quantitative estimate of drug-likeness (QED) is 0.773. The van der Waals surface area contributed by atoms with Crippen LogP contribution in [0.3, 0.4) is 0 Å². The smallest absolute Gasteiger partial charge is 0.0190 e. The van der Waals surface area contributed by atoms with E-state index in [-0.39, 0.29) is 6.04 Å². The van der Waals surface area contributed by atoms with Gasteiger partial charge in [0.25, 0.3) is 0 Å². The Balaban J connectivity index is 1.99. The molecule has 0 heterocycles. The second-order valence-corrected chi connectivity index (χ2v) is 6.18. The third kappa shape index (κ3) is 2.43. The van der Waals surface area contributed by atoms with Crippen molar-refractivity contribution in [3.05, 3.63) is 0 Å². The van der Waals surface area contributed by atoms with Crippen molar-refractivity contribution >= 4 is 0 Å². The standard InChI is InChI=1S/C14H28N2/c1-11(15)12(2)16-13-7-3-4-8-14(13)9-5-6-10-14/h11-13,16H,3-10,15H2,1-2H3. The highest BCUT2D eigenvalue weighted by molar-refractivity contribution is 4.98. The monoisotopic (exact) mass is 224 g/mol. The molecule has 3 atom stereocenters. The van der Waals surface area contributed by atoms with E-state index in [0.717, 1.165) is 6.04 Å². The van der Waals surface area contributed by atoms with Crippen LogP contribution in [0.2, 0.25) is 0 Å². The van der Waals surface area contributed by atoms with Crippen LogP contribution in [0.5, 0.6) is 0 Å². The van der Waals surface area contributed by atoms with E-state index < -0.39 is 0 Å². The lowest BCUT2D eigenvalue weighted by atomic mass is 9.69. The first-order valence-corrected chi connectivity index (χ1v) is 7.16. The van der Waals surface area contributed by atoms with Gasteiger partial charge in [0.05, 0.1) is 0 Å². The Morgan fingerprint density at radius 1 is 1.06 bits per heavy atom. The van der Waals surface area contributed by atoms with E-state index >= 15 is 0 Å². The van der Waals surface area contributed by atoms with Crippen LogP contribution < -0.4 is 11.1 Å². The molecule has 0 aromatic carbocycles. The number of rotatable bonds is 3. The maximum Gasteiger partial charge on any atom is 0.0190 e. The Morgan fingerprint density at radius 3 is 2.19 bits per heavy atom. The predicted octanol–water partition coefficient (Wildman–Crippen LogP) is 2.81. The molecule has 0 bridgehead atoms. The van der Waals surface area contributed by atoms with Crippen molar-refractivity contribution in [2.45, 2.75) is 83.3 Å². The van der Waals surface area contributed by atoms with E-state index in [1.165, 1.54) is 51.4 Å². The van der Waals surface area contributed by atoms with Crippen molar-refractivity contribution in [2.75, 3.05) is 0 Å². The van der Waals surface area contributed by atoms with Gasteiger partial charge in [0.2, 0.25) is 0 Å². The molecular weight excluding hydrogens is 196 g/mol. The van der Waals surface area contributed by atoms with Crippen LogP contribution in [0.4, 0.5) is 0 Å². The van der Waals surface area contributed by atoms with Crippen molar-refractivity contribution < 1.29 is 0 Å². The fraction of sp³-hybridized carbons (Fsp3) is 1.00. The minimum atomic E-state index is 0.264. The molecule has 94 valence electrons. The Kier molecular flexibility index (Phi) is 3.91. The number of hydrogen-bond donors (Lipinski definition) is 2. The summed E-state index contributed by atoms with van der Waals surface area (Å²) >= 11 is 0. The van der Waals surface area contributed by atoms with Gasteiger partial charge in [-0.1, -0.05) is 25.7 Å². The molecule has 2 fully saturated rings. The van der Waals surface area contributed by atoms with Crippen LogP contribution in [-0.2, 0) is 0 Å². The second kappa shape index (κ2) is 5.05. The van der Waals surface area contributed by atoms with Crippen molar-refractivity contribution in [3.63, 3.8) is 0 Å². The van der Waals surface area contributed by atoms with Gasteiger partial charge in [-0.05, 0) is 44.9 Å². The highest BCUT2D eigenvalue weighted by Gasteiger charge is 2.42. The molecule has 0 amide bonds. The Bertz CT molecular complexity index is 219. The Labute approximate surface area is 100 Å². The second-order valence-electron chi connectivity index (χ2n) is 6.18. The van der Waals surface area contributed by atoms with Crippen LogP contribution in [0, 0.1) is 5.41 Å². The normalized spacial score (nSPS) is 32.8. The molecule has 2 rings (SSSR count). The van der Waals surface area contributed by atoms with Crippen LogP contribution in [0.15, 0.2) is 0 Å². The zero-order valence-corrected chi connectivity index (χ0v) is 11.0. The lowest BCUT2D eigenvalue weighted by Gasteiger charge is -2.44. The molecule has 16 heavy (non-hydrogen) atoms. The Hall–Kier alpha value is -0.0800. The zero-order valence-electron chi connectivity index (χ0n) is 11.0. The third-order valence-electron chi connectivity index (χ3n) is 5.01. The van der Waals surface area contributed by atoms with E-state index in [1.807, 2.05) is 0 Å². The van der Waals surface area contributed by atoms with Gasteiger partial charge < -0.3 is 11.1 Å². The molecule has 0 radical (unpaired) electrons. The largest absolute Gasteiger partial charge is 0.327 e. The fourth-order valence-electron chi connectivity index (χ4n) is 3.71. The van der Waals surface area contributed by atoms with Crippen molar-refractivity contribution in [1.29, 1.82) is 0 Å². The first-order valence-electron chi connectivity index (χ1n) is 7.16. The van der Waals surface area contributed by atoms with Crippen molar-refractivity contribution in [3.8, 4) is 0 Å². The fourth-order valence-corrected chi connectivity index (χ4v) is 3.71. The summed E-state index contributed by atoms with van der Waals surface area (Å²) in [5, 5.41) is 3.83. The van der Waals surface area contributed by atoms with Crippen LogP contribution in [0.25, 0.3) is 0 Å². The topological polar surface area (TPSA) is 38.0 Å². The van der Waals surface area contributed by atoms with Gasteiger partial charge in [-0.15, -0.1) is 0 Å². The summed E-state index contributed by atoms with van der Waals surface area (Å²) in [4.78, 5) is 0. The molecule has 0 aromatic rings. The van der Waals surface area contributed by atoms with E-state index in [2.05, 4.69) is 19.2 Å².